The molecule has 0 aliphatic heterocycles. The Morgan fingerprint density at radius 1 is 1.10 bits per heavy atom. The van der Waals surface area contributed by atoms with Crippen LogP contribution < -0.4 is 10.2 Å². The van der Waals surface area contributed by atoms with Crippen molar-refractivity contribution in [2.24, 2.45) is 0 Å². The van der Waals surface area contributed by atoms with Crippen molar-refractivity contribution in [2.45, 2.75) is 13.3 Å². The van der Waals surface area contributed by atoms with Gasteiger partial charge in [-0.1, -0.05) is 6.92 Å². The van der Waals surface area contributed by atoms with E-state index in [0.29, 0.717) is 29.2 Å². The van der Waals surface area contributed by atoms with Gasteiger partial charge in [-0.3, -0.25) is 0 Å². The Balaban J connectivity index is 2.62. The molecule has 2 aromatic rings. The molecule has 0 aliphatic rings. The second-order valence-electron chi connectivity index (χ2n) is 4.43. The van der Waals surface area contributed by atoms with Crippen LogP contribution in [-0.4, -0.2) is 51.8 Å². The van der Waals surface area contributed by atoms with E-state index in [9.17, 15) is 0 Å². The highest BCUT2D eigenvalue weighted by molar-refractivity contribution is 6.30. The van der Waals surface area contributed by atoms with Crippen LogP contribution in [-0.2, 0) is 0 Å². The minimum Gasteiger partial charge on any atom is -0.395 e. The van der Waals surface area contributed by atoms with E-state index in [1.807, 2.05) is 6.92 Å². The number of rotatable bonds is 6. The Morgan fingerprint density at radius 3 is 2.43 bits per heavy atom. The van der Waals surface area contributed by atoms with Gasteiger partial charge in [-0.2, -0.15) is 9.97 Å². The topological polar surface area (TPSA) is 87.1 Å². The summed E-state index contributed by atoms with van der Waals surface area (Å²) in [7, 11) is 1.78. The molecule has 0 amide bonds. The number of aliphatic hydroxyl groups excluding tert-OH is 1. The molecule has 21 heavy (non-hydrogen) atoms. The predicted octanol–water partition coefficient (Wildman–Crippen LogP) is 1.98. The van der Waals surface area contributed by atoms with E-state index in [0.717, 1.165) is 13.0 Å². The maximum absolute atomic E-state index is 9.08. The predicted molar refractivity (Wildman–Crippen MR) is 84.3 cm³/mol. The van der Waals surface area contributed by atoms with E-state index in [2.05, 4.69) is 25.3 Å². The third kappa shape index (κ3) is 3.61. The molecule has 0 saturated carbocycles. The summed E-state index contributed by atoms with van der Waals surface area (Å²) in [6.07, 6.45) is 0.930. The molecule has 0 bridgehead atoms. The average molecular weight is 331 g/mol. The van der Waals surface area contributed by atoms with Crippen LogP contribution in [0.5, 0.6) is 0 Å². The molecule has 2 N–H and O–H groups in total. The Hall–Kier alpha value is -1.44. The van der Waals surface area contributed by atoms with Crippen LogP contribution in [0.1, 0.15) is 13.3 Å². The smallest absolute Gasteiger partial charge is 0.225 e. The van der Waals surface area contributed by atoms with Crippen LogP contribution in [0.25, 0.3) is 11.0 Å². The van der Waals surface area contributed by atoms with Gasteiger partial charge in [0.15, 0.2) is 11.6 Å². The number of aliphatic hydroxyl groups is 1. The van der Waals surface area contributed by atoms with Crippen LogP contribution in [0.4, 0.5) is 11.6 Å². The van der Waals surface area contributed by atoms with Crippen LogP contribution in [0.15, 0.2) is 0 Å². The van der Waals surface area contributed by atoms with Gasteiger partial charge < -0.3 is 15.3 Å². The number of nitrogens with one attached hydrogen (secondary N) is 1. The largest absolute Gasteiger partial charge is 0.395 e. The zero-order chi connectivity index (χ0) is 15.4. The summed E-state index contributed by atoms with van der Waals surface area (Å²) in [6.45, 7) is 3.15. The fourth-order valence-electron chi connectivity index (χ4n) is 1.84. The zero-order valence-corrected chi connectivity index (χ0v) is 13.3. The molecular weight excluding hydrogens is 315 g/mol. The molecule has 2 aromatic heterocycles. The monoisotopic (exact) mass is 330 g/mol. The lowest BCUT2D eigenvalue weighted by Crippen LogP contribution is -2.23. The van der Waals surface area contributed by atoms with Crippen molar-refractivity contribution in [1.29, 1.82) is 0 Å². The van der Waals surface area contributed by atoms with Gasteiger partial charge >= 0.3 is 0 Å². The van der Waals surface area contributed by atoms with Crippen molar-refractivity contribution < 1.29 is 5.11 Å². The fraction of sp³-hybridized carbons (Fsp3) is 0.500. The van der Waals surface area contributed by atoms with Crippen LogP contribution in [0, 0.1) is 0 Å². The molecule has 7 nitrogen and oxygen atoms in total. The van der Waals surface area contributed by atoms with Crippen LogP contribution >= 0.6 is 23.2 Å². The molecule has 0 unspecified atom stereocenters. The summed E-state index contributed by atoms with van der Waals surface area (Å²) in [5.74, 6) is 1.03. The van der Waals surface area contributed by atoms with E-state index < -0.39 is 0 Å². The van der Waals surface area contributed by atoms with Gasteiger partial charge in [0.1, 0.15) is 11.0 Å². The molecule has 0 aromatic carbocycles. The van der Waals surface area contributed by atoms with Crippen LogP contribution in [0.2, 0.25) is 10.6 Å². The summed E-state index contributed by atoms with van der Waals surface area (Å²) < 4.78 is 0. The minimum atomic E-state index is -0.0145. The Morgan fingerprint density at radius 2 is 1.76 bits per heavy atom. The Kier molecular flexibility index (Phi) is 5.33. The van der Waals surface area contributed by atoms with E-state index >= 15 is 0 Å². The highest BCUT2D eigenvalue weighted by atomic mass is 35.5. The quantitative estimate of drug-likeness (QED) is 0.783. The van der Waals surface area contributed by atoms with Crippen molar-refractivity contribution in [3.8, 4) is 0 Å². The maximum atomic E-state index is 9.08. The summed E-state index contributed by atoms with van der Waals surface area (Å²) >= 11 is 12.0. The van der Waals surface area contributed by atoms with E-state index in [1.54, 1.807) is 11.9 Å². The number of hydrogen-bond donors (Lipinski definition) is 2. The molecule has 2 rings (SSSR count). The van der Waals surface area contributed by atoms with Crippen molar-refractivity contribution in [1.82, 2.24) is 19.9 Å². The van der Waals surface area contributed by atoms with Gasteiger partial charge in [0, 0.05) is 20.1 Å². The van der Waals surface area contributed by atoms with E-state index in [1.165, 1.54) is 0 Å². The first kappa shape index (κ1) is 15.9. The highest BCUT2D eigenvalue weighted by Crippen LogP contribution is 2.28. The number of halogens is 2. The second kappa shape index (κ2) is 7.02. The molecule has 9 heteroatoms. The lowest BCUT2D eigenvalue weighted by Gasteiger charge is -2.18. The maximum Gasteiger partial charge on any atom is 0.225 e. The van der Waals surface area contributed by atoms with Gasteiger partial charge in [0.05, 0.1) is 6.61 Å². The van der Waals surface area contributed by atoms with Gasteiger partial charge in [-0.25, -0.2) is 9.97 Å². The van der Waals surface area contributed by atoms with E-state index in [4.69, 9.17) is 28.3 Å². The molecule has 114 valence electrons. The molecule has 0 atom stereocenters. The number of hydrogen-bond acceptors (Lipinski definition) is 7. The number of likely N-dealkylation sites (N-methyl/N-ethyl adjacent to an activating group) is 1. The van der Waals surface area contributed by atoms with Gasteiger partial charge in [-0.05, 0) is 29.6 Å². The first-order chi connectivity index (χ1) is 10.1. The third-order valence-corrected chi connectivity index (χ3v) is 3.15. The Bertz CT molecular complexity index is 639. The highest BCUT2D eigenvalue weighted by Gasteiger charge is 2.17. The van der Waals surface area contributed by atoms with Crippen molar-refractivity contribution in [3.05, 3.63) is 10.6 Å². The fourth-order valence-corrected chi connectivity index (χ4v) is 2.17. The minimum absolute atomic E-state index is 0.0145. The van der Waals surface area contributed by atoms with Crippen molar-refractivity contribution >= 4 is 45.9 Å². The first-order valence-electron chi connectivity index (χ1n) is 6.53. The van der Waals surface area contributed by atoms with Gasteiger partial charge in [-0.15, -0.1) is 0 Å². The molecule has 2 heterocycles. The second-order valence-corrected chi connectivity index (χ2v) is 5.10. The average Bonchev–Trinajstić information content (AvgIpc) is 2.44. The van der Waals surface area contributed by atoms with Crippen molar-refractivity contribution in [2.75, 3.05) is 37.0 Å². The summed E-state index contributed by atoms with van der Waals surface area (Å²) in [6, 6.07) is 0. The molecule has 0 radical (unpaired) electrons. The van der Waals surface area contributed by atoms with Gasteiger partial charge in [0.2, 0.25) is 10.6 Å². The van der Waals surface area contributed by atoms with Crippen molar-refractivity contribution in [3.63, 3.8) is 0 Å². The summed E-state index contributed by atoms with van der Waals surface area (Å²) in [5, 5.41) is 12.4. The molecule has 0 spiro atoms. The number of anilines is 2. The number of fused-ring (bicyclic) bond motifs is 1. The zero-order valence-electron chi connectivity index (χ0n) is 11.8. The third-order valence-electron chi connectivity index (χ3n) is 2.81. The lowest BCUT2D eigenvalue weighted by atomic mass is 10.3. The Labute approximate surface area is 132 Å². The van der Waals surface area contributed by atoms with E-state index in [-0.39, 0.29) is 17.2 Å². The molecule has 0 fully saturated rings. The summed E-state index contributed by atoms with van der Waals surface area (Å²) in [4.78, 5) is 18.5. The molecular formula is C12H16Cl2N6O. The number of nitrogens with zero attached hydrogens (tertiary/aromatic N) is 5. The number of aromatic nitrogens is 4. The normalized spacial score (nSPS) is 10.9. The molecule has 0 saturated heterocycles. The lowest BCUT2D eigenvalue weighted by molar-refractivity contribution is 0.304. The van der Waals surface area contributed by atoms with Gasteiger partial charge in [0.25, 0.3) is 0 Å². The standard InChI is InChI=1S/C12H16Cl2N6O/c1-3-4-15-9-7-8(17-11(13)18-9)10(19-12(14)16-7)20(2)5-6-21/h21H,3-6H2,1-2H3,(H,15,17,18). The molecule has 0 aliphatic carbocycles. The van der Waals surface area contributed by atoms with Crippen LogP contribution in [0.3, 0.4) is 0 Å². The summed E-state index contributed by atoms with van der Waals surface area (Å²) in [5.41, 5.74) is 1.00. The first-order valence-corrected chi connectivity index (χ1v) is 7.29. The SMILES string of the molecule is CCCNc1nc(Cl)nc2c(N(C)CCO)nc(Cl)nc12.